The number of methoxy groups -OCH3 is 2. The smallest absolute Gasteiger partial charge is 0.161 e. The fourth-order valence-corrected chi connectivity index (χ4v) is 3.70. The van der Waals surface area contributed by atoms with Gasteiger partial charge in [0.1, 0.15) is 13.1 Å². The Morgan fingerprint density at radius 3 is 2.25 bits per heavy atom. The summed E-state index contributed by atoms with van der Waals surface area (Å²) in [5.41, 5.74) is 5.75. The summed E-state index contributed by atoms with van der Waals surface area (Å²) in [6, 6.07) is 13.0. The summed E-state index contributed by atoms with van der Waals surface area (Å²) in [6.45, 7) is 8.98. The summed E-state index contributed by atoms with van der Waals surface area (Å²) in [6.07, 6.45) is 1.05. The molecule has 2 aromatic carbocycles. The average Bonchev–Trinajstić information content (AvgIpc) is 2.56. The van der Waals surface area contributed by atoms with Gasteiger partial charge in [-0.25, -0.2) is 0 Å². The first-order valence-electron chi connectivity index (χ1n) is 8.58. The zero-order chi connectivity index (χ0) is 17.3. The largest absolute Gasteiger partial charge is 0.493 e. The van der Waals surface area contributed by atoms with Crippen LogP contribution in [0.1, 0.15) is 36.1 Å². The Kier molecular flexibility index (Phi) is 4.55. The summed E-state index contributed by atoms with van der Waals surface area (Å²) in [5.74, 6) is 1.65. The Hall–Kier alpha value is -2.00. The number of hydrogen-bond donors (Lipinski definition) is 1. The predicted octanol–water partition coefficient (Wildman–Crippen LogP) is 2.93. The van der Waals surface area contributed by atoms with E-state index in [1.54, 1.807) is 19.1 Å². The molecule has 1 aliphatic heterocycles. The van der Waals surface area contributed by atoms with Crippen molar-refractivity contribution < 1.29 is 14.4 Å². The van der Waals surface area contributed by atoms with Crippen molar-refractivity contribution in [2.24, 2.45) is 0 Å². The van der Waals surface area contributed by atoms with Crippen molar-refractivity contribution in [1.82, 2.24) is 0 Å². The zero-order valence-corrected chi connectivity index (χ0v) is 15.4. The maximum absolute atomic E-state index is 5.49. The molecule has 0 saturated heterocycles. The molecule has 1 aliphatic rings. The van der Waals surface area contributed by atoms with Gasteiger partial charge in [-0.05, 0) is 44.0 Å². The van der Waals surface area contributed by atoms with E-state index in [9.17, 15) is 0 Å². The monoisotopic (exact) mass is 326 g/mol. The lowest BCUT2D eigenvalue weighted by molar-refractivity contribution is -0.977. The van der Waals surface area contributed by atoms with E-state index in [-0.39, 0.29) is 5.54 Å². The third-order valence-electron chi connectivity index (χ3n) is 5.36. The standard InChI is InChI=1S/C21H27NO2/c1-15-8-6-7-9-16(15)13-22-14-18-11-20(24-5)19(23-4)10-17(18)12-21(22,2)3/h6-11H,12-14H2,1-5H3/p+1. The molecule has 1 N–H and O–H groups in total. The Morgan fingerprint density at radius 2 is 1.62 bits per heavy atom. The first-order valence-corrected chi connectivity index (χ1v) is 8.58. The molecule has 0 fully saturated rings. The molecule has 1 atom stereocenters. The second-order valence-electron chi connectivity index (χ2n) is 7.42. The average molecular weight is 326 g/mol. The highest BCUT2D eigenvalue weighted by Crippen LogP contribution is 2.33. The number of quaternary nitrogens is 1. The third kappa shape index (κ3) is 3.13. The lowest BCUT2D eigenvalue weighted by Crippen LogP contribution is -3.18. The topological polar surface area (TPSA) is 22.9 Å². The van der Waals surface area contributed by atoms with E-state index >= 15 is 0 Å². The first-order chi connectivity index (χ1) is 11.4. The normalized spacial score (nSPS) is 18.8. The number of rotatable bonds is 4. The minimum absolute atomic E-state index is 0.189. The molecule has 0 aromatic heterocycles. The molecule has 0 aliphatic carbocycles. The molecule has 0 spiro atoms. The Bertz CT molecular complexity index is 737. The molecule has 24 heavy (non-hydrogen) atoms. The fraction of sp³-hybridized carbons (Fsp3) is 0.429. The van der Waals surface area contributed by atoms with Crippen LogP contribution in [-0.4, -0.2) is 19.8 Å². The molecular weight excluding hydrogens is 298 g/mol. The van der Waals surface area contributed by atoms with Gasteiger partial charge in [0.2, 0.25) is 0 Å². The summed E-state index contributed by atoms with van der Waals surface area (Å²) in [5, 5.41) is 0. The fourth-order valence-electron chi connectivity index (χ4n) is 3.70. The quantitative estimate of drug-likeness (QED) is 0.933. The van der Waals surface area contributed by atoms with Crippen LogP contribution in [0.3, 0.4) is 0 Å². The molecule has 2 aromatic rings. The van der Waals surface area contributed by atoms with Gasteiger partial charge in [0.15, 0.2) is 11.5 Å². The van der Waals surface area contributed by atoms with Crippen LogP contribution in [-0.2, 0) is 19.5 Å². The van der Waals surface area contributed by atoms with Gasteiger partial charge >= 0.3 is 0 Å². The highest BCUT2D eigenvalue weighted by atomic mass is 16.5. The van der Waals surface area contributed by atoms with Crippen molar-refractivity contribution in [2.75, 3.05) is 14.2 Å². The Balaban J connectivity index is 1.93. The van der Waals surface area contributed by atoms with Crippen LogP contribution in [0.15, 0.2) is 36.4 Å². The second-order valence-corrected chi connectivity index (χ2v) is 7.42. The van der Waals surface area contributed by atoms with Gasteiger partial charge in [-0.3, -0.25) is 0 Å². The van der Waals surface area contributed by atoms with Gasteiger partial charge in [0, 0.05) is 17.5 Å². The number of aryl methyl sites for hydroxylation is 1. The molecule has 1 unspecified atom stereocenters. The molecule has 0 amide bonds. The third-order valence-corrected chi connectivity index (χ3v) is 5.36. The molecule has 3 nitrogen and oxygen atoms in total. The van der Waals surface area contributed by atoms with Crippen LogP contribution >= 0.6 is 0 Å². The summed E-state index contributed by atoms with van der Waals surface area (Å²) >= 11 is 0. The van der Waals surface area contributed by atoms with Gasteiger partial charge in [-0.1, -0.05) is 24.3 Å². The molecule has 0 saturated carbocycles. The van der Waals surface area contributed by atoms with Crippen LogP contribution in [0, 0.1) is 6.92 Å². The van der Waals surface area contributed by atoms with E-state index in [1.807, 2.05) is 0 Å². The van der Waals surface area contributed by atoms with Gasteiger partial charge in [-0.2, -0.15) is 0 Å². The molecule has 3 heteroatoms. The van der Waals surface area contributed by atoms with E-state index in [0.717, 1.165) is 31.0 Å². The minimum Gasteiger partial charge on any atom is -0.493 e. The van der Waals surface area contributed by atoms with Crippen molar-refractivity contribution in [3.05, 3.63) is 58.7 Å². The first kappa shape index (κ1) is 16.8. The number of ether oxygens (including phenoxy) is 2. The zero-order valence-electron chi connectivity index (χ0n) is 15.4. The molecular formula is C21H28NO2+. The second kappa shape index (κ2) is 6.48. The molecule has 1 heterocycles. The number of hydrogen-bond acceptors (Lipinski definition) is 2. The molecule has 128 valence electrons. The predicted molar refractivity (Wildman–Crippen MR) is 96.9 cm³/mol. The van der Waals surface area contributed by atoms with Crippen LogP contribution in [0.4, 0.5) is 0 Å². The van der Waals surface area contributed by atoms with Gasteiger partial charge in [0.05, 0.1) is 19.8 Å². The summed E-state index contributed by atoms with van der Waals surface area (Å²) in [7, 11) is 3.41. The van der Waals surface area contributed by atoms with E-state index in [1.165, 1.54) is 22.3 Å². The lowest BCUT2D eigenvalue weighted by Gasteiger charge is -2.40. The molecule has 3 rings (SSSR count). The highest BCUT2D eigenvalue weighted by Gasteiger charge is 2.37. The summed E-state index contributed by atoms with van der Waals surface area (Å²) in [4.78, 5) is 1.59. The van der Waals surface area contributed by atoms with Crippen LogP contribution < -0.4 is 14.4 Å². The highest BCUT2D eigenvalue weighted by molar-refractivity contribution is 5.48. The van der Waals surface area contributed by atoms with E-state index in [0.29, 0.717) is 0 Å². The van der Waals surface area contributed by atoms with Crippen molar-refractivity contribution >= 4 is 0 Å². The van der Waals surface area contributed by atoms with Crippen molar-refractivity contribution in [3.63, 3.8) is 0 Å². The number of benzene rings is 2. The lowest BCUT2D eigenvalue weighted by atomic mass is 9.84. The molecule has 0 bridgehead atoms. The van der Waals surface area contributed by atoms with Crippen molar-refractivity contribution in [1.29, 1.82) is 0 Å². The maximum atomic E-state index is 5.49. The van der Waals surface area contributed by atoms with Crippen LogP contribution in [0.5, 0.6) is 11.5 Å². The van der Waals surface area contributed by atoms with Gasteiger partial charge in [0.25, 0.3) is 0 Å². The number of fused-ring (bicyclic) bond motifs is 1. The van der Waals surface area contributed by atoms with Crippen molar-refractivity contribution in [3.8, 4) is 11.5 Å². The van der Waals surface area contributed by atoms with Gasteiger partial charge < -0.3 is 14.4 Å². The summed E-state index contributed by atoms with van der Waals surface area (Å²) < 4.78 is 11.0. The van der Waals surface area contributed by atoms with Gasteiger partial charge in [-0.15, -0.1) is 0 Å². The SMILES string of the molecule is COc1cc2c(cc1OC)CC(C)(C)[NH+](Cc1ccccc1C)C2. The van der Waals surface area contributed by atoms with Crippen LogP contribution in [0.25, 0.3) is 0 Å². The van der Waals surface area contributed by atoms with Crippen molar-refractivity contribution in [2.45, 2.75) is 45.8 Å². The number of nitrogens with one attached hydrogen (secondary N) is 1. The molecule has 0 radical (unpaired) electrons. The minimum atomic E-state index is 0.189. The van der Waals surface area contributed by atoms with E-state index < -0.39 is 0 Å². The van der Waals surface area contributed by atoms with Crippen LogP contribution in [0.2, 0.25) is 0 Å². The van der Waals surface area contributed by atoms with E-state index in [2.05, 4.69) is 57.2 Å². The Labute approximate surface area is 145 Å². The maximum Gasteiger partial charge on any atom is 0.161 e. The van der Waals surface area contributed by atoms with E-state index in [4.69, 9.17) is 9.47 Å². The Morgan fingerprint density at radius 1 is 1.00 bits per heavy atom.